The lowest BCUT2D eigenvalue weighted by Crippen LogP contribution is -2.53. The zero-order chi connectivity index (χ0) is 12.9. The summed E-state index contributed by atoms with van der Waals surface area (Å²) in [6, 6.07) is 0. The van der Waals surface area contributed by atoms with Crippen molar-refractivity contribution in [3.05, 3.63) is 0 Å². The molecule has 1 atom stereocenters. The highest BCUT2D eigenvalue weighted by Crippen LogP contribution is 2.22. The maximum Gasteiger partial charge on any atom is 0.240 e. The number of nitrogens with zero attached hydrogens (tertiary/aromatic N) is 1. The molecular formula is C12H24ClN3O2. The van der Waals surface area contributed by atoms with Crippen LogP contribution in [0.3, 0.4) is 0 Å². The van der Waals surface area contributed by atoms with Gasteiger partial charge < -0.3 is 15.5 Å². The minimum Gasteiger partial charge on any atom is -0.354 e. The number of rotatable bonds is 5. The number of hydrogen-bond donors (Lipinski definition) is 2. The van der Waals surface area contributed by atoms with Gasteiger partial charge in [-0.15, -0.1) is 12.4 Å². The number of carbonyl (C=O) groups excluding carboxylic acids is 2. The quantitative estimate of drug-likeness (QED) is 0.771. The molecule has 1 unspecified atom stereocenters. The third-order valence-corrected chi connectivity index (χ3v) is 3.41. The van der Waals surface area contributed by atoms with E-state index >= 15 is 0 Å². The lowest BCUT2D eigenvalue weighted by molar-refractivity contribution is -0.129. The minimum absolute atomic E-state index is 0. The average Bonchev–Trinajstić information content (AvgIpc) is 2.78. The van der Waals surface area contributed by atoms with Crippen molar-refractivity contribution >= 4 is 24.2 Å². The SMILES string of the molecule is CCC1(C(=O)NCCC(=O)N(C)C)CCCN1.Cl. The molecule has 1 fully saturated rings. The van der Waals surface area contributed by atoms with E-state index in [9.17, 15) is 9.59 Å². The molecule has 1 rings (SSSR count). The first-order valence-corrected chi connectivity index (χ1v) is 6.25. The van der Waals surface area contributed by atoms with Gasteiger partial charge in [-0.1, -0.05) is 6.92 Å². The molecule has 2 amide bonds. The zero-order valence-corrected chi connectivity index (χ0v) is 12.2. The van der Waals surface area contributed by atoms with Crippen LogP contribution in [-0.2, 0) is 9.59 Å². The second-order valence-corrected chi connectivity index (χ2v) is 4.76. The van der Waals surface area contributed by atoms with Gasteiger partial charge in [0.15, 0.2) is 0 Å². The maximum absolute atomic E-state index is 12.1. The Bertz CT molecular complexity index is 289. The molecule has 0 radical (unpaired) electrons. The van der Waals surface area contributed by atoms with Crippen molar-refractivity contribution in [1.29, 1.82) is 0 Å². The van der Waals surface area contributed by atoms with Crippen LogP contribution in [0.4, 0.5) is 0 Å². The Morgan fingerprint density at radius 2 is 2.06 bits per heavy atom. The van der Waals surface area contributed by atoms with Crippen molar-refractivity contribution in [3.8, 4) is 0 Å². The van der Waals surface area contributed by atoms with Crippen LogP contribution < -0.4 is 10.6 Å². The van der Waals surface area contributed by atoms with Gasteiger partial charge >= 0.3 is 0 Å². The van der Waals surface area contributed by atoms with Crippen LogP contribution in [0.25, 0.3) is 0 Å². The lowest BCUT2D eigenvalue weighted by atomic mass is 9.93. The van der Waals surface area contributed by atoms with Gasteiger partial charge in [-0.3, -0.25) is 9.59 Å². The second-order valence-electron chi connectivity index (χ2n) is 4.76. The summed E-state index contributed by atoms with van der Waals surface area (Å²) < 4.78 is 0. The van der Waals surface area contributed by atoms with Crippen LogP contribution in [-0.4, -0.2) is 49.4 Å². The van der Waals surface area contributed by atoms with Gasteiger partial charge in [0.2, 0.25) is 11.8 Å². The maximum atomic E-state index is 12.1. The Hall–Kier alpha value is -0.810. The molecular weight excluding hydrogens is 254 g/mol. The third kappa shape index (κ3) is 4.14. The highest BCUT2D eigenvalue weighted by atomic mass is 35.5. The number of carbonyl (C=O) groups is 2. The summed E-state index contributed by atoms with van der Waals surface area (Å²) in [5.74, 6) is 0.0688. The Kier molecular flexibility index (Phi) is 7.25. The summed E-state index contributed by atoms with van der Waals surface area (Å²) >= 11 is 0. The van der Waals surface area contributed by atoms with Gasteiger partial charge in [0.05, 0.1) is 5.54 Å². The molecule has 1 heterocycles. The van der Waals surface area contributed by atoms with Crippen LogP contribution in [0.15, 0.2) is 0 Å². The predicted octanol–water partition coefficient (Wildman–Crippen LogP) is 0.535. The third-order valence-electron chi connectivity index (χ3n) is 3.41. The molecule has 106 valence electrons. The molecule has 18 heavy (non-hydrogen) atoms. The van der Waals surface area contributed by atoms with Gasteiger partial charge in [-0.2, -0.15) is 0 Å². The first-order chi connectivity index (χ1) is 8.02. The molecule has 5 nitrogen and oxygen atoms in total. The molecule has 0 aromatic rings. The molecule has 0 spiro atoms. The van der Waals surface area contributed by atoms with Gasteiger partial charge in [0.1, 0.15) is 0 Å². The van der Waals surface area contributed by atoms with Crippen LogP contribution in [0, 0.1) is 0 Å². The topological polar surface area (TPSA) is 61.4 Å². The number of halogens is 1. The summed E-state index contributed by atoms with van der Waals surface area (Å²) in [6.07, 6.45) is 3.08. The van der Waals surface area contributed by atoms with E-state index < -0.39 is 5.54 Å². The van der Waals surface area contributed by atoms with Gasteiger partial charge in [-0.25, -0.2) is 0 Å². The molecule has 1 aliphatic rings. The summed E-state index contributed by atoms with van der Waals surface area (Å²) in [4.78, 5) is 24.9. The van der Waals surface area contributed by atoms with Crippen molar-refractivity contribution < 1.29 is 9.59 Å². The van der Waals surface area contributed by atoms with E-state index in [0.717, 1.165) is 25.8 Å². The van der Waals surface area contributed by atoms with Gasteiger partial charge in [-0.05, 0) is 25.8 Å². The van der Waals surface area contributed by atoms with E-state index in [1.165, 1.54) is 4.90 Å². The summed E-state index contributed by atoms with van der Waals surface area (Å²) in [7, 11) is 3.44. The molecule has 0 saturated carbocycles. The second kappa shape index (κ2) is 7.59. The highest BCUT2D eigenvalue weighted by molar-refractivity contribution is 5.87. The molecule has 1 aliphatic heterocycles. The molecule has 0 aliphatic carbocycles. The predicted molar refractivity (Wildman–Crippen MR) is 73.8 cm³/mol. The molecule has 6 heteroatoms. The highest BCUT2D eigenvalue weighted by Gasteiger charge is 2.38. The molecule has 0 bridgehead atoms. The summed E-state index contributed by atoms with van der Waals surface area (Å²) in [5.41, 5.74) is -0.402. The van der Waals surface area contributed by atoms with Crippen LogP contribution in [0.2, 0.25) is 0 Å². The fourth-order valence-corrected chi connectivity index (χ4v) is 2.14. The molecule has 0 aromatic heterocycles. The zero-order valence-electron chi connectivity index (χ0n) is 11.4. The Labute approximate surface area is 115 Å². The summed E-state index contributed by atoms with van der Waals surface area (Å²) in [6.45, 7) is 3.33. The first kappa shape index (κ1) is 17.2. The molecule has 0 aromatic carbocycles. The van der Waals surface area contributed by atoms with Crippen molar-refractivity contribution in [2.75, 3.05) is 27.2 Å². The van der Waals surface area contributed by atoms with Crippen LogP contribution >= 0.6 is 12.4 Å². The summed E-state index contributed by atoms with van der Waals surface area (Å²) in [5, 5.41) is 6.13. The van der Waals surface area contributed by atoms with Crippen molar-refractivity contribution in [3.63, 3.8) is 0 Å². The van der Waals surface area contributed by atoms with E-state index in [4.69, 9.17) is 0 Å². The standard InChI is InChI=1S/C12H23N3O2.ClH/c1-4-12(7-5-8-14-12)11(17)13-9-6-10(16)15(2)3;/h14H,4-9H2,1-3H3,(H,13,17);1H. The Morgan fingerprint density at radius 1 is 1.39 bits per heavy atom. The van der Waals surface area contributed by atoms with Crippen molar-refractivity contribution in [1.82, 2.24) is 15.5 Å². The van der Waals surface area contributed by atoms with E-state index in [1.807, 2.05) is 6.92 Å². The normalized spacial score (nSPS) is 22.2. The Balaban J connectivity index is 0.00000289. The van der Waals surface area contributed by atoms with E-state index in [2.05, 4.69) is 10.6 Å². The van der Waals surface area contributed by atoms with E-state index in [-0.39, 0.29) is 24.2 Å². The van der Waals surface area contributed by atoms with Crippen LogP contribution in [0.5, 0.6) is 0 Å². The molecule has 1 saturated heterocycles. The van der Waals surface area contributed by atoms with Gasteiger partial charge in [0, 0.05) is 27.1 Å². The van der Waals surface area contributed by atoms with Crippen molar-refractivity contribution in [2.24, 2.45) is 0 Å². The fraction of sp³-hybridized carbons (Fsp3) is 0.833. The van der Waals surface area contributed by atoms with Gasteiger partial charge in [0.25, 0.3) is 0 Å². The fourth-order valence-electron chi connectivity index (χ4n) is 2.14. The number of nitrogens with one attached hydrogen (secondary N) is 2. The van der Waals surface area contributed by atoms with E-state index in [1.54, 1.807) is 14.1 Å². The minimum atomic E-state index is -0.402. The average molecular weight is 278 g/mol. The number of hydrogen-bond acceptors (Lipinski definition) is 3. The smallest absolute Gasteiger partial charge is 0.240 e. The lowest BCUT2D eigenvalue weighted by Gasteiger charge is -2.26. The van der Waals surface area contributed by atoms with Crippen LogP contribution in [0.1, 0.15) is 32.6 Å². The first-order valence-electron chi connectivity index (χ1n) is 6.25. The number of amides is 2. The van der Waals surface area contributed by atoms with Crippen molar-refractivity contribution in [2.45, 2.75) is 38.1 Å². The largest absolute Gasteiger partial charge is 0.354 e. The molecule has 2 N–H and O–H groups in total. The monoisotopic (exact) mass is 277 g/mol. The van der Waals surface area contributed by atoms with E-state index in [0.29, 0.717) is 13.0 Å². The Morgan fingerprint density at radius 3 is 2.50 bits per heavy atom.